The van der Waals surface area contributed by atoms with Crippen molar-refractivity contribution in [1.29, 1.82) is 0 Å². The normalized spacial score (nSPS) is 14.2. The van der Waals surface area contributed by atoms with E-state index in [0.717, 1.165) is 44.7 Å². The van der Waals surface area contributed by atoms with Gasteiger partial charge in [0.05, 0.1) is 17.7 Å². The molecular weight excluding hydrogens is 328 g/mol. The third-order valence-electron chi connectivity index (χ3n) is 3.84. The third kappa shape index (κ3) is 2.78. The minimum Gasteiger partial charge on any atom is -0.493 e. The number of aromatic hydroxyl groups is 1. The van der Waals surface area contributed by atoms with Gasteiger partial charge in [0, 0.05) is 17.4 Å². The lowest BCUT2D eigenvalue weighted by atomic mass is 10.0. The minimum atomic E-state index is -0.593. The van der Waals surface area contributed by atoms with Crippen LogP contribution in [0.4, 0.5) is 5.69 Å². The lowest BCUT2D eigenvalue weighted by molar-refractivity contribution is -0.141. The van der Waals surface area contributed by atoms with Gasteiger partial charge in [-0.2, -0.15) is 0 Å². The number of rotatable bonds is 4. The molecule has 0 spiro atoms. The Bertz CT molecular complexity index is 921. The summed E-state index contributed by atoms with van der Waals surface area (Å²) in [7, 11) is 1.23. The number of methoxy groups -OCH3 is 1. The van der Waals surface area contributed by atoms with E-state index >= 15 is 0 Å². The zero-order chi connectivity index (χ0) is 17.3. The van der Waals surface area contributed by atoms with Crippen LogP contribution in [0.5, 0.6) is 5.88 Å². The Morgan fingerprint density at radius 2 is 2.25 bits per heavy atom. The molecule has 3 rings (SSSR count). The molecule has 1 aromatic heterocycles. The molecule has 0 atom stereocenters. The first kappa shape index (κ1) is 16.2. The molecule has 2 aromatic rings. The molecular formula is C17H16N2O4S. The highest BCUT2D eigenvalue weighted by molar-refractivity contribution is 7.10. The molecule has 1 aliphatic rings. The Kier molecular flexibility index (Phi) is 4.35. The molecule has 0 fully saturated rings. The Labute approximate surface area is 142 Å². The molecule has 0 saturated heterocycles. The molecule has 2 heterocycles. The average molecular weight is 344 g/mol. The Morgan fingerprint density at radius 3 is 2.96 bits per heavy atom. The Morgan fingerprint density at radius 1 is 1.46 bits per heavy atom. The number of aliphatic imine (C=N–C) groups is 1. The SMILES string of the molecule is CCc1cccc2c1N=CC2=Cc1sc(=O)n(CC(=O)OC)c1O. The highest BCUT2D eigenvalue weighted by atomic mass is 32.1. The van der Waals surface area contributed by atoms with Gasteiger partial charge in [-0.25, -0.2) is 0 Å². The van der Waals surface area contributed by atoms with E-state index in [9.17, 15) is 14.7 Å². The zero-order valence-corrected chi connectivity index (χ0v) is 14.1. The molecule has 0 bridgehead atoms. The smallest absolute Gasteiger partial charge is 0.325 e. The molecule has 0 saturated carbocycles. The summed E-state index contributed by atoms with van der Waals surface area (Å²) >= 11 is 0.876. The van der Waals surface area contributed by atoms with E-state index in [1.165, 1.54) is 7.11 Å². The van der Waals surface area contributed by atoms with Crippen LogP contribution >= 0.6 is 11.3 Å². The van der Waals surface area contributed by atoms with Crippen LogP contribution in [-0.4, -0.2) is 29.0 Å². The summed E-state index contributed by atoms with van der Waals surface area (Å²) < 4.78 is 5.54. The maximum atomic E-state index is 12.0. The highest BCUT2D eigenvalue weighted by Gasteiger charge is 2.19. The molecule has 0 amide bonds. The predicted molar refractivity (Wildman–Crippen MR) is 94.1 cm³/mol. The summed E-state index contributed by atoms with van der Waals surface area (Å²) in [4.78, 5) is 27.7. The second kappa shape index (κ2) is 6.45. The molecule has 1 aliphatic heterocycles. The minimum absolute atomic E-state index is 0.239. The van der Waals surface area contributed by atoms with Gasteiger partial charge in [0.25, 0.3) is 0 Å². The van der Waals surface area contributed by atoms with Crippen molar-refractivity contribution in [3.8, 4) is 5.88 Å². The van der Waals surface area contributed by atoms with E-state index in [0.29, 0.717) is 4.88 Å². The van der Waals surface area contributed by atoms with Crippen molar-refractivity contribution in [3.05, 3.63) is 43.9 Å². The highest BCUT2D eigenvalue weighted by Crippen LogP contribution is 2.37. The fraction of sp³-hybridized carbons (Fsp3) is 0.235. The number of aryl methyl sites for hydroxylation is 1. The number of carbonyl (C=O) groups is 1. The van der Waals surface area contributed by atoms with Gasteiger partial charge in [-0.05, 0) is 18.1 Å². The lowest BCUT2D eigenvalue weighted by Crippen LogP contribution is -2.19. The number of nitrogens with zero attached hydrogens (tertiary/aromatic N) is 2. The summed E-state index contributed by atoms with van der Waals surface area (Å²) in [6, 6.07) is 5.95. The van der Waals surface area contributed by atoms with Crippen molar-refractivity contribution in [2.45, 2.75) is 19.9 Å². The largest absolute Gasteiger partial charge is 0.493 e. The zero-order valence-electron chi connectivity index (χ0n) is 13.3. The first-order chi connectivity index (χ1) is 11.5. The molecule has 0 unspecified atom stereocenters. The quantitative estimate of drug-likeness (QED) is 0.865. The average Bonchev–Trinajstić information content (AvgIpc) is 3.11. The van der Waals surface area contributed by atoms with Crippen LogP contribution in [0.2, 0.25) is 0 Å². The van der Waals surface area contributed by atoms with Crippen LogP contribution < -0.4 is 4.87 Å². The topological polar surface area (TPSA) is 80.9 Å². The molecule has 1 aromatic carbocycles. The van der Waals surface area contributed by atoms with Gasteiger partial charge in [-0.15, -0.1) is 0 Å². The number of fused-ring (bicyclic) bond motifs is 1. The number of aromatic nitrogens is 1. The first-order valence-electron chi connectivity index (χ1n) is 7.42. The van der Waals surface area contributed by atoms with E-state index < -0.39 is 10.8 Å². The van der Waals surface area contributed by atoms with Crippen LogP contribution in [0.3, 0.4) is 0 Å². The van der Waals surface area contributed by atoms with Gasteiger partial charge in [-0.1, -0.05) is 36.5 Å². The van der Waals surface area contributed by atoms with E-state index in [1.807, 2.05) is 18.2 Å². The molecule has 7 heteroatoms. The predicted octanol–water partition coefficient (Wildman–Crippen LogP) is 2.61. The maximum Gasteiger partial charge on any atom is 0.325 e. The number of para-hydroxylation sites is 1. The van der Waals surface area contributed by atoms with E-state index in [-0.39, 0.29) is 12.4 Å². The summed E-state index contributed by atoms with van der Waals surface area (Å²) in [5, 5.41) is 10.2. The maximum absolute atomic E-state index is 12.0. The van der Waals surface area contributed by atoms with Crippen LogP contribution in [0.1, 0.15) is 22.9 Å². The number of allylic oxidation sites excluding steroid dienone is 1. The number of ether oxygens (including phenoxy) is 1. The molecule has 124 valence electrons. The fourth-order valence-electron chi connectivity index (χ4n) is 2.56. The van der Waals surface area contributed by atoms with E-state index in [4.69, 9.17) is 0 Å². The molecule has 24 heavy (non-hydrogen) atoms. The van der Waals surface area contributed by atoms with Crippen molar-refractivity contribution in [3.63, 3.8) is 0 Å². The van der Waals surface area contributed by atoms with Crippen LogP contribution in [-0.2, 0) is 22.5 Å². The van der Waals surface area contributed by atoms with Gasteiger partial charge < -0.3 is 9.84 Å². The molecule has 1 N–H and O–H groups in total. The van der Waals surface area contributed by atoms with Gasteiger partial charge in [0.15, 0.2) is 0 Å². The molecule has 0 radical (unpaired) electrons. The number of esters is 1. The fourth-order valence-corrected chi connectivity index (χ4v) is 3.40. The van der Waals surface area contributed by atoms with E-state index in [2.05, 4.69) is 16.7 Å². The second-order valence-corrected chi connectivity index (χ2v) is 6.24. The first-order valence-corrected chi connectivity index (χ1v) is 8.24. The van der Waals surface area contributed by atoms with Crippen molar-refractivity contribution < 1.29 is 14.6 Å². The van der Waals surface area contributed by atoms with Crippen LogP contribution in [0.25, 0.3) is 11.6 Å². The summed E-state index contributed by atoms with van der Waals surface area (Å²) in [5.41, 5.74) is 3.86. The van der Waals surface area contributed by atoms with Crippen molar-refractivity contribution in [2.24, 2.45) is 4.99 Å². The number of hydrogen-bond acceptors (Lipinski definition) is 6. The third-order valence-corrected chi connectivity index (χ3v) is 4.75. The van der Waals surface area contributed by atoms with Crippen molar-refractivity contribution >= 4 is 40.9 Å². The van der Waals surface area contributed by atoms with Crippen LogP contribution in [0, 0.1) is 0 Å². The van der Waals surface area contributed by atoms with Crippen molar-refractivity contribution in [2.75, 3.05) is 7.11 Å². The lowest BCUT2D eigenvalue weighted by Gasteiger charge is -2.04. The number of carbonyl (C=O) groups excluding carboxylic acids is 1. The standard InChI is InChI=1S/C17H16N2O4S/c1-3-10-5-4-6-12-11(8-18-15(10)12)7-13-16(21)19(17(22)24-13)9-14(20)23-2/h4-8,21H,3,9H2,1-2H3. The van der Waals surface area contributed by atoms with Gasteiger partial charge in [0.2, 0.25) is 5.88 Å². The van der Waals surface area contributed by atoms with Gasteiger partial charge in [0.1, 0.15) is 6.54 Å². The number of thiazole rings is 1. The van der Waals surface area contributed by atoms with Crippen LogP contribution in [0.15, 0.2) is 28.0 Å². The Hall–Kier alpha value is -2.67. The monoisotopic (exact) mass is 344 g/mol. The number of benzene rings is 1. The van der Waals surface area contributed by atoms with Gasteiger partial charge >= 0.3 is 10.8 Å². The summed E-state index contributed by atoms with van der Waals surface area (Å²) in [5.74, 6) is -0.832. The molecule has 0 aliphatic carbocycles. The van der Waals surface area contributed by atoms with Crippen molar-refractivity contribution in [1.82, 2.24) is 4.57 Å². The van der Waals surface area contributed by atoms with Gasteiger partial charge in [-0.3, -0.25) is 19.1 Å². The number of hydrogen-bond donors (Lipinski definition) is 1. The molecule has 6 nitrogen and oxygen atoms in total. The summed E-state index contributed by atoms with van der Waals surface area (Å²) in [6.07, 6.45) is 4.31. The summed E-state index contributed by atoms with van der Waals surface area (Å²) in [6.45, 7) is 1.75. The Balaban J connectivity index is 2.01. The second-order valence-electron chi connectivity index (χ2n) is 5.24. The van der Waals surface area contributed by atoms with E-state index in [1.54, 1.807) is 12.3 Å².